The summed E-state index contributed by atoms with van der Waals surface area (Å²) in [6.07, 6.45) is 0. The monoisotopic (exact) mass is 372 g/mol. The second-order valence-electron chi connectivity index (χ2n) is 5.88. The molecule has 2 N–H and O–H groups in total. The number of hydrogen-bond acceptors (Lipinski definition) is 5. The van der Waals surface area contributed by atoms with Crippen LogP contribution >= 0.6 is 0 Å². The topological polar surface area (TPSA) is 115 Å². The SMILES string of the molecule is CC(C)N1CCN(S(=O)(=O)Cc2ccccc2)CC1.O=C(O)C(=O)O. The molecule has 0 amide bonds. The van der Waals surface area contributed by atoms with E-state index in [9.17, 15) is 8.42 Å². The Morgan fingerprint density at radius 3 is 1.88 bits per heavy atom. The summed E-state index contributed by atoms with van der Waals surface area (Å²) in [6, 6.07) is 9.86. The Morgan fingerprint density at radius 2 is 1.48 bits per heavy atom. The summed E-state index contributed by atoms with van der Waals surface area (Å²) >= 11 is 0. The van der Waals surface area contributed by atoms with Crippen LogP contribution in [0.5, 0.6) is 0 Å². The molecule has 1 fully saturated rings. The van der Waals surface area contributed by atoms with E-state index in [2.05, 4.69) is 18.7 Å². The summed E-state index contributed by atoms with van der Waals surface area (Å²) < 4.78 is 26.3. The molecule has 0 bridgehead atoms. The maximum atomic E-state index is 12.3. The van der Waals surface area contributed by atoms with E-state index in [1.807, 2.05) is 30.3 Å². The Kier molecular flexibility index (Phi) is 8.01. The fourth-order valence-corrected chi connectivity index (χ4v) is 3.89. The highest BCUT2D eigenvalue weighted by Gasteiger charge is 2.27. The van der Waals surface area contributed by atoms with Crippen LogP contribution in [0.15, 0.2) is 30.3 Å². The van der Waals surface area contributed by atoms with Crippen molar-refractivity contribution in [3.05, 3.63) is 35.9 Å². The van der Waals surface area contributed by atoms with Gasteiger partial charge >= 0.3 is 11.9 Å². The van der Waals surface area contributed by atoms with Gasteiger partial charge in [-0.15, -0.1) is 0 Å². The molecule has 1 heterocycles. The van der Waals surface area contributed by atoms with E-state index < -0.39 is 22.0 Å². The predicted molar refractivity (Wildman–Crippen MR) is 92.6 cm³/mol. The molecule has 0 aromatic heterocycles. The summed E-state index contributed by atoms with van der Waals surface area (Å²) in [5.41, 5.74) is 0.855. The molecule has 25 heavy (non-hydrogen) atoms. The lowest BCUT2D eigenvalue weighted by molar-refractivity contribution is -0.159. The molecule has 1 saturated heterocycles. The molecule has 8 nitrogen and oxygen atoms in total. The Hall–Kier alpha value is -1.97. The van der Waals surface area contributed by atoms with Crippen LogP contribution in [0.2, 0.25) is 0 Å². The molecule has 2 rings (SSSR count). The van der Waals surface area contributed by atoms with Gasteiger partial charge in [-0.3, -0.25) is 4.90 Å². The van der Waals surface area contributed by atoms with Gasteiger partial charge in [-0.25, -0.2) is 18.0 Å². The molecule has 1 aliphatic rings. The first-order chi connectivity index (χ1) is 11.6. The highest BCUT2D eigenvalue weighted by Crippen LogP contribution is 2.14. The Bertz CT molecular complexity index is 655. The number of aliphatic carboxylic acids is 2. The Balaban J connectivity index is 0.000000450. The minimum atomic E-state index is -3.18. The zero-order valence-corrected chi connectivity index (χ0v) is 15.1. The lowest BCUT2D eigenvalue weighted by atomic mass is 10.2. The molecule has 1 aromatic rings. The highest BCUT2D eigenvalue weighted by atomic mass is 32.2. The fourth-order valence-electron chi connectivity index (χ4n) is 2.37. The summed E-state index contributed by atoms with van der Waals surface area (Å²) in [7, 11) is -3.18. The Morgan fingerprint density at radius 1 is 1.00 bits per heavy atom. The van der Waals surface area contributed by atoms with Crippen LogP contribution in [0.25, 0.3) is 0 Å². The number of nitrogens with zero attached hydrogens (tertiary/aromatic N) is 2. The number of carbonyl (C=O) groups is 2. The number of piperazine rings is 1. The molecular formula is C16H24N2O6S. The normalized spacial score (nSPS) is 16.1. The van der Waals surface area contributed by atoms with Crippen molar-refractivity contribution in [3.8, 4) is 0 Å². The smallest absolute Gasteiger partial charge is 0.414 e. The van der Waals surface area contributed by atoms with Gasteiger partial charge in [0.25, 0.3) is 0 Å². The van der Waals surface area contributed by atoms with Crippen molar-refractivity contribution in [2.75, 3.05) is 26.2 Å². The first-order valence-corrected chi connectivity index (χ1v) is 9.46. The minimum absolute atomic E-state index is 0.107. The average molecular weight is 372 g/mol. The van der Waals surface area contributed by atoms with Crippen LogP contribution < -0.4 is 0 Å². The van der Waals surface area contributed by atoms with Crippen LogP contribution in [-0.4, -0.2) is 72.0 Å². The van der Waals surface area contributed by atoms with Crippen molar-refractivity contribution in [1.29, 1.82) is 0 Å². The van der Waals surface area contributed by atoms with Gasteiger partial charge in [0.1, 0.15) is 0 Å². The maximum Gasteiger partial charge on any atom is 0.414 e. The van der Waals surface area contributed by atoms with Crippen LogP contribution in [0.3, 0.4) is 0 Å². The van der Waals surface area contributed by atoms with Crippen molar-refractivity contribution >= 4 is 22.0 Å². The number of hydrogen-bond donors (Lipinski definition) is 2. The summed E-state index contributed by atoms with van der Waals surface area (Å²) in [5.74, 6) is -3.54. The van der Waals surface area contributed by atoms with Crippen molar-refractivity contribution < 1.29 is 28.2 Å². The van der Waals surface area contributed by atoms with Crippen molar-refractivity contribution in [2.45, 2.75) is 25.6 Å². The van der Waals surface area contributed by atoms with Crippen molar-refractivity contribution in [3.63, 3.8) is 0 Å². The first kappa shape index (κ1) is 21.1. The third kappa shape index (κ3) is 7.20. The van der Waals surface area contributed by atoms with E-state index in [1.165, 1.54) is 0 Å². The summed E-state index contributed by atoms with van der Waals surface area (Å²) in [4.78, 5) is 20.5. The van der Waals surface area contributed by atoms with Crippen LogP contribution in [0, 0.1) is 0 Å². The molecule has 9 heteroatoms. The maximum absolute atomic E-state index is 12.3. The average Bonchev–Trinajstić information content (AvgIpc) is 2.56. The lowest BCUT2D eigenvalue weighted by Gasteiger charge is -2.36. The molecule has 0 unspecified atom stereocenters. The molecular weight excluding hydrogens is 348 g/mol. The van der Waals surface area contributed by atoms with Crippen LogP contribution in [0.1, 0.15) is 19.4 Å². The van der Waals surface area contributed by atoms with E-state index >= 15 is 0 Å². The van der Waals surface area contributed by atoms with E-state index in [0.29, 0.717) is 19.1 Å². The number of rotatable bonds is 4. The van der Waals surface area contributed by atoms with Gasteiger partial charge in [0, 0.05) is 32.2 Å². The van der Waals surface area contributed by atoms with Crippen LogP contribution in [0.4, 0.5) is 0 Å². The van der Waals surface area contributed by atoms with Crippen molar-refractivity contribution in [1.82, 2.24) is 9.21 Å². The van der Waals surface area contributed by atoms with Gasteiger partial charge in [-0.05, 0) is 19.4 Å². The third-order valence-corrected chi connectivity index (χ3v) is 5.62. The van der Waals surface area contributed by atoms with E-state index in [0.717, 1.165) is 18.7 Å². The largest absolute Gasteiger partial charge is 0.473 e. The summed E-state index contributed by atoms with van der Waals surface area (Å²) in [6.45, 7) is 7.15. The fraction of sp³-hybridized carbons (Fsp3) is 0.500. The predicted octanol–water partition coefficient (Wildman–Crippen LogP) is 0.698. The van der Waals surface area contributed by atoms with Gasteiger partial charge in [0.05, 0.1) is 5.75 Å². The summed E-state index contributed by atoms with van der Waals surface area (Å²) in [5, 5.41) is 14.8. The van der Waals surface area contributed by atoms with E-state index in [-0.39, 0.29) is 5.75 Å². The van der Waals surface area contributed by atoms with Crippen LogP contribution in [-0.2, 0) is 25.4 Å². The van der Waals surface area contributed by atoms with E-state index in [1.54, 1.807) is 4.31 Å². The standard InChI is InChI=1S/C14H22N2O2S.C2H2O4/c1-13(2)15-8-10-16(11-9-15)19(17,18)12-14-6-4-3-5-7-14;3-1(4)2(5)6/h3-7,13H,8-12H2,1-2H3;(H,3,4)(H,5,6). The quantitative estimate of drug-likeness (QED) is 0.748. The van der Waals surface area contributed by atoms with Gasteiger partial charge in [-0.2, -0.15) is 4.31 Å². The zero-order valence-electron chi connectivity index (χ0n) is 14.3. The molecule has 0 aliphatic carbocycles. The van der Waals surface area contributed by atoms with Gasteiger partial charge in [-0.1, -0.05) is 30.3 Å². The Labute approximate surface area is 147 Å². The third-order valence-electron chi connectivity index (χ3n) is 3.77. The molecule has 0 spiro atoms. The number of benzene rings is 1. The number of carboxylic acids is 2. The van der Waals surface area contributed by atoms with Gasteiger partial charge < -0.3 is 10.2 Å². The lowest BCUT2D eigenvalue weighted by Crippen LogP contribution is -2.50. The van der Waals surface area contributed by atoms with Gasteiger partial charge in [0.15, 0.2) is 0 Å². The highest BCUT2D eigenvalue weighted by molar-refractivity contribution is 7.88. The van der Waals surface area contributed by atoms with Crippen molar-refractivity contribution in [2.24, 2.45) is 0 Å². The molecule has 0 atom stereocenters. The molecule has 0 radical (unpaired) electrons. The molecule has 1 aliphatic heterocycles. The second kappa shape index (κ2) is 9.50. The molecule has 1 aromatic carbocycles. The zero-order chi connectivity index (χ0) is 19.0. The molecule has 140 valence electrons. The minimum Gasteiger partial charge on any atom is -0.473 e. The molecule has 0 saturated carbocycles. The number of carboxylic acid groups (broad SMARTS) is 2. The second-order valence-corrected chi connectivity index (χ2v) is 7.85. The first-order valence-electron chi connectivity index (χ1n) is 7.85. The van der Waals surface area contributed by atoms with Gasteiger partial charge in [0.2, 0.25) is 10.0 Å². The number of sulfonamides is 1. The van der Waals surface area contributed by atoms with E-state index in [4.69, 9.17) is 19.8 Å².